The molecule has 7 heterocycles. The molecule has 4 N–H and O–H groups in total. The van der Waals surface area contributed by atoms with E-state index in [1.165, 1.54) is 29.8 Å². The smallest absolute Gasteiger partial charge is 0.319 e. The molecule has 9 aromatic rings. The molecule has 0 radical (unpaired) electrons. The van der Waals surface area contributed by atoms with Crippen molar-refractivity contribution in [2.24, 2.45) is 31.8 Å². The molecule has 0 aliphatic carbocycles. The summed E-state index contributed by atoms with van der Waals surface area (Å²) in [7, 11) is 5.38. The number of hydrogen-bond donors (Lipinski definition) is 4. The number of pyridine rings is 1. The molecule has 21 nitrogen and oxygen atoms in total. The predicted molar refractivity (Wildman–Crippen MR) is 400 cm³/mol. The maximum atomic E-state index is 13.3. The molecule has 4 aliphatic heterocycles. The van der Waals surface area contributed by atoms with Gasteiger partial charge in [-0.2, -0.15) is 0 Å². The molecule has 6 aromatic carbocycles. The number of fused-ring (bicyclic) bond motifs is 1. The van der Waals surface area contributed by atoms with Crippen LogP contribution in [0.2, 0.25) is 10.0 Å². The van der Waals surface area contributed by atoms with Crippen LogP contribution in [0.15, 0.2) is 146 Å². The highest BCUT2D eigenvalue weighted by atomic mass is 35.5. The number of rotatable bonds is 20. The van der Waals surface area contributed by atoms with Crippen LogP contribution in [0.25, 0.3) is 33.5 Å². The molecule has 101 heavy (non-hydrogen) atoms. The highest BCUT2D eigenvalue weighted by molar-refractivity contribution is 6.42. The van der Waals surface area contributed by atoms with Crippen molar-refractivity contribution in [3.8, 4) is 22.8 Å². The molecular formula is C76H99Cl2F2N17O4. The number of aryl methyl sites for hydroxylation is 3. The lowest BCUT2D eigenvalue weighted by Crippen LogP contribution is -2.53. The predicted octanol–water partition coefficient (Wildman–Crippen LogP) is 13.5. The Morgan fingerprint density at radius 2 is 1.19 bits per heavy atom. The van der Waals surface area contributed by atoms with E-state index in [4.69, 9.17) is 27.9 Å². The van der Waals surface area contributed by atoms with E-state index in [1.807, 2.05) is 121 Å². The Morgan fingerprint density at radius 1 is 0.594 bits per heavy atom. The zero-order valence-electron chi connectivity index (χ0n) is 58.0. The summed E-state index contributed by atoms with van der Waals surface area (Å²) in [6.07, 6.45) is 14.8. The molecule has 4 atom stereocenters. The lowest BCUT2D eigenvalue weighted by atomic mass is 9.86. The number of ether oxygens (including phenoxy) is 1. The second-order valence-corrected chi connectivity index (χ2v) is 27.7. The number of piperidine rings is 4. The Morgan fingerprint density at radius 3 is 1.78 bits per heavy atom. The monoisotopic (exact) mass is 1420 g/mol. The number of methoxy groups -OCH3 is 1. The van der Waals surface area contributed by atoms with E-state index in [0.29, 0.717) is 69.8 Å². The lowest BCUT2D eigenvalue weighted by molar-refractivity contribution is -0.0325. The van der Waals surface area contributed by atoms with Crippen LogP contribution in [0.1, 0.15) is 90.2 Å². The molecule has 0 unspecified atom stereocenters. The van der Waals surface area contributed by atoms with Gasteiger partial charge in [-0.1, -0.05) is 96.9 Å². The maximum absolute atomic E-state index is 13.3. The van der Waals surface area contributed by atoms with E-state index >= 15 is 0 Å². The molecule has 25 heteroatoms. The summed E-state index contributed by atoms with van der Waals surface area (Å²) in [5, 5.41) is 38.3. The third-order valence-electron chi connectivity index (χ3n) is 19.8. The average molecular weight is 1420 g/mol. The SMILES string of the molecule is CCc1cc(NC(=O)NC[C@@H]2CCCN(CCc3ccc(F)cc3)C2)cc(-c2nnnn2C)c1.CO[C@@H]1CN(C2CCN(C(=O)c3cncc4ccccc34)CC2)CC[C@@H]1Cc1ccc(Cl)c(Cl)c1.Cn1nnnc1-c1cccc(NC(=O)NC[C@@H]2CCCN(CCc3ccc(F)cc3)C2)c1.[HH].[HH].[HH].[HH]. The molecule has 4 aliphatic rings. The zero-order chi connectivity index (χ0) is 70.6. The number of hydrogen-bond acceptors (Lipinski definition) is 14. The Labute approximate surface area is 605 Å². The van der Waals surface area contributed by atoms with Crippen LogP contribution in [0.3, 0.4) is 0 Å². The van der Waals surface area contributed by atoms with Crippen molar-refractivity contribution in [1.82, 2.24) is 75.6 Å². The van der Waals surface area contributed by atoms with Gasteiger partial charge >= 0.3 is 12.1 Å². The van der Waals surface area contributed by atoms with Gasteiger partial charge in [-0.3, -0.25) is 14.7 Å². The van der Waals surface area contributed by atoms with E-state index in [-0.39, 0.29) is 41.4 Å². The Bertz CT molecular complexity index is 4200. The Balaban J connectivity index is 0.000000216. The van der Waals surface area contributed by atoms with Crippen LogP contribution in [-0.2, 0) is 44.5 Å². The van der Waals surface area contributed by atoms with Crippen LogP contribution < -0.4 is 21.3 Å². The topological polar surface area (TPSA) is 222 Å². The van der Waals surface area contributed by atoms with Crippen molar-refractivity contribution in [2.75, 3.05) is 96.3 Å². The minimum absolute atomic E-state index is 0. The summed E-state index contributed by atoms with van der Waals surface area (Å²) in [4.78, 5) is 52.1. The summed E-state index contributed by atoms with van der Waals surface area (Å²) in [6, 6.07) is 40.7. The van der Waals surface area contributed by atoms with Crippen LogP contribution in [0, 0.1) is 29.4 Å². The number of likely N-dealkylation sites (tertiary alicyclic amines) is 4. The van der Waals surface area contributed by atoms with Crippen molar-refractivity contribution in [2.45, 2.75) is 89.7 Å². The number of benzene rings is 6. The normalized spacial score (nSPS) is 18.4. The van der Waals surface area contributed by atoms with E-state index in [1.54, 1.807) is 29.7 Å². The molecular weight excluding hydrogens is 1320 g/mol. The fraction of sp³-hybridized carbons (Fsp3) is 0.421. The molecule has 0 saturated carbocycles. The number of amides is 5. The van der Waals surface area contributed by atoms with Gasteiger partial charge in [0.25, 0.3) is 5.91 Å². The molecule has 0 spiro atoms. The van der Waals surface area contributed by atoms with Crippen molar-refractivity contribution >= 4 is 63.3 Å². The largest absolute Gasteiger partial charge is 0.380 e. The number of urea groups is 2. The number of nitrogens with zero attached hydrogens (tertiary/aromatic N) is 13. The number of nitrogens with one attached hydrogen (secondary N) is 4. The van der Waals surface area contributed by atoms with Crippen LogP contribution in [0.5, 0.6) is 0 Å². The molecule has 13 rings (SSSR count). The molecule has 4 saturated heterocycles. The van der Waals surface area contributed by atoms with Gasteiger partial charge in [-0.15, -0.1) is 10.2 Å². The number of carbonyl (C=O) groups excluding carboxylic acids is 3. The second kappa shape index (κ2) is 36.2. The third kappa shape index (κ3) is 20.9. The lowest BCUT2D eigenvalue weighted by Gasteiger charge is -2.44. The summed E-state index contributed by atoms with van der Waals surface area (Å²) < 4.78 is 35.3. The first kappa shape index (κ1) is 73.4. The van der Waals surface area contributed by atoms with E-state index in [9.17, 15) is 23.2 Å². The number of anilines is 2. The standard InChI is InChI=1S/C28H31Cl2N3O2.C25H32FN7O.C23H28FN7O.4H2/c1-35-27-18-33(11-8-20(27)14-19-6-7-25(29)26(30)15-19)22-9-12-32(13-10-22)28(34)24-17-31-16-21-4-2-3-5-23(21)24;1-3-18-13-21(24-29-30-31-32(24)2)15-23(14-18)28-25(34)27-16-20-5-4-11-33(17-20)12-10-19-6-8-22(26)9-7-19;1-30-22(27-28-29-30)19-5-2-6-21(14-19)26-23(32)25-15-18-4-3-12-31(16-18)13-11-17-7-9-20(24)10-8-17;;;;/h2-7,15-17,20,22,27H,8-14,18H2,1H3;6-9,13-15,20H,3-5,10-12,16-17H2,1-2H3,(H2,27,28,34);2,5-10,14,18H,3-4,11-13,15-16H2,1H3,(H2,25,26,32);4*1H/t20-,27-;20-;18-;;;;/m100..../s1. The van der Waals surface area contributed by atoms with E-state index < -0.39 is 0 Å². The number of carbonyl (C=O) groups is 3. The van der Waals surface area contributed by atoms with Crippen molar-refractivity contribution in [3.05, 3.63) is 195 Å². The van der Waals surface area contributed by atoms with E-state index in [0.717, 1.165) is 180 Å². The molecule has 5 amide bonds. The fourth-order valence-corrected chi connectivity index (χ4v) is 14.5. The van der Waals surface area contributed by atoms with Gasteiger partial charge in [0.2, 0.25) is 0 Å². The summed E-state index contributed by atoms with van der Waals surface area (Å²) >= 11 is 12.3. The average Bonchev–Trinajstić information content (AvgIpc) is 1.43. The zero-order valence-corrected chi connectivity index (χ0v) is 59.5. The molecule has 3 aromatic heterocycles. The first-order valence-corrected chi connectivity index (χ1v) is 35.9. The van der Waals surface area contributed by atoms with Gasteiger partial charge in [-0.25, -0.2) is 27.7 Å². The van der Waals surface area contributed by atoms with Gasteiger partial charge in [0.15, 0.2) is 11.6 Å². The highest BCUT2D eigenvalue weighted by Crippen LogP contribution is 2.32. The van der Waals surface area contributed by atoms with Gasteiger partial charge in [-0.05, 0) is 223 Å². The van der Waals surface area contributed by atoms with Crippen LogP contribution in [-0.4, -0.2) is 181 Å². The molecule has 540 valence electrons. The van der Waals surface area contributed by atoms with Gasteiger partial charge < -0.3 is 40.7 Å². The van der Waals surface area contributed by atoms with Gasteiger partial charge in [0, 0.05) is 132 Å². The van der Waals surface area contributed by atoms with Crippen LogP contribution >= 0.6 is 23.2 Å². The Kier molecular flexibility index (Phi) is 26.3. The quantitative estimate of drug-likeness (QED) is 0.0558. The molecule has 4 fully saturated rings. The first-order valence-electron chi connectivity index (χ1n) is 35.2. The minimum atomic E-state index is -0.221. The van der Waals surface area contributed by atoms with Crippen LogP contribution in [0.4, 0.5) is 29.7 Å². The summed E-state index contributed by atoms with van der Waals surface area (Å²) in [6.45, 7) is 12.8. The van der Waals surface area contributed by atoms with E-state index in [2.05, 4.69) is 85.0 Å². The first-order chi connectivity index (χ1) is 49.1. The molecule has 0 bridgehead atoms. The third-order valence-corrected chi connectivity index (χ3v) is 20.5. The van der Waals surface area contributed by atoms with Crippen molar-refractivity contribution in [1.29, 1.82) is 0 Å². The summed E-state index contributed by atoms with van der Waals surface area (Å²) in [5.74, 6) is 2.26. The second-order valence-electron chi connectivity index (χ2n) is 26.8. The van der Waals surface area contributed by atoms with Crippen molar-refractivity contribution < 1.29 is 33.6 Å². The van der Waals surface area contributed by atoms with Crippen molar-refractivity contribution in [3.63, 3.8) is 0 Å². The summed E-state index contributed by atoms with van der Waals surface area (Å²) in [5.41, 5.74) is 8.40. The minimum Gasteiger partial charge on any atom is -0.380 e. The fourth-order valence-electron chi connectivity index (χ4n) is 14.2. The van der Waals surface area contributed by atoms with Gasteiger partial charge in [0.1, 0.15) is 11.6 Å². The van der Waals surface area contributed by atoms with Gasteiger partial charge in [0.05, 0.1) is 21.7 Å². The Hall–Kier alpha value is -8.84. The highest BCUT2D eigenvalue weighted by Gasteiger charge is 2.35. The number of halogens is 4. The maximum Gasteiger partial charge on any atom is 0.319 e. The number of tetrazole rings is 2. The number of aromatic nitrogens is 9.